The molecule has 0 bridgehead atoms. The Morgan fingerprint density at radius 3 is 2.69 bits per heavy atom. The van der Waals surface area contributed by atoms with Gasteiger partial charge >= 0.3 is 6.61 Å². The molecule has 0 aliphatic rings. The van der Waals surface area contributed by atoms with Gasteiger partial charge in [-0.1, -0.05) is 11.6 Å². The second-order valence-corrected chi connectivity index (χ2v) is 5.79. The Balaban J connectivity index is 2.87. The summed E-state index contributed by atoms with van der Waals surface area (Å²) in [4.78, 5) is 17.4. The van der Waals surface area contributed by atoms with E-state index in [1.54, 1.807) is 21.2 Å². The largest absolute Gasteiger partial charge is 0.434 e. The topological polar surface area (TPSA) is 75.2 Å². The zero-order valence-corrected chi connectivity index (χ0v) is 15.6. The molecule has 0 aliphatic carbocycles. The van der Waals surface area contributed by atoms with Crippen molar-refractivity contribution in [1.29, 1.82) is 0 Å². The average Bonchev–Trinajstić information content (AvgIpc) is 2.58. The van der Waals surface area contributed by atoms with Crippen molar-refractivity contribution in [3.63, 3.8) is 0 Å². The maximum atomic E-state index is 12.5. The molecule has 2 N–H and O–H groups in total. The number of carbonyl (C=O) groups excluding carboxylic acids is 1. The second kappa shape index (κ2) is 11.5. The molecule has 0 saturated carbocycles. The molecule has 1 aromatic rings. The van der Waals surface area contributed by atoms with Crippen molar-refractivity contribution >= 4 is 23.5 Å². The number of hydrogen-bond acceptors (Lipinski definition) is 4. The fourth-order valence-corrected chi connectivity index (χ4v) is 2.00. The Hall–Kier alpha value is -2.13. The lowest BCUT2D eigenvalue weighted by Crippen LogP contribution is -2.43. The predicted octanol–water partition coefficient (Wildman–Crippen LogP) is 1.71. The molecule has 1 rings (SSSR count). The van der Waals surface area contributed by atoms with Gasteiger partial charge in [0.05, 0.1) is 19.7 Å². The minimum absolute atomic E-state index is 0.00578. The van der Waals surface area contributed by atoms with E-state index in [1.165, 1.54) is 23.1 Å². The summed E-state index contributed by atoms with van der Waals surface area (Å²) in [5.74, 6) is 0.185. The molecule has 0 heterocycles. The van der Waals surface area contributed by atoms with Crippen molar-refractivity contribution in [3.05, 3.63) is 28.8 Å². The summed E-state index contributed by atoms with van der Waals surface area (Å²) < 4.78 is 34.5. The van der Waals surface area contributed by atoms with E-state index in [2.05, 4.69) is 20.4 Å². The van der Waals surface area contributed by atoms with E-state index in [0.29, 0.717) is 29.7 Å². The number of alkyl halides is 2. The standard InChI is InChI=1S/C16H23ClF2N4O3/c1-23(2)14(24)10-22-16(20-6-7-25-3)21-9-11-8-12(17)4-5-13(11)26-15(18)19/h4-5,8,15H,6-7,9-10H2,1-3H3,(H2,20,21,22). The number of benzene rings is 1. The third kappa shape index (κ3) is 8.30. The molecule has 0 radical (unpaired) electrons. The van der Waals surface area contributed by atoms with Crippen LogP contribution in [0.2, 0.25) is 5.02 Å². The van der Waals surface area contributed by atoms with Crippen LogP contribution in [0.25, 0.3) is 0 Å². The van der Waals surface area contributed by atoms with E-state index in [0.717, 1.165) is 0 Å². The number of carbonyl (C=O) groups is 1. The van der Waals surface area contributed by atoms with Crippen LogP contribution >= 0.6 is 11.6 Å². The molecular formula is C16H23ClF2N4O3. The lowest BCUT2D eigenvalue weighted by atomic mass is 10.2. The molecule has 1 aromatic carbocycles. The van der Waals surface area contributed by atoms with Crippen LogP contribution in [0.3, 0.4) is 0 Å². The molecule has 0 aromatic heterocycles. The van der Waals surface area contributed by atoms with Crippen LogP contribution < -0.4 is 15.4 Å². The quantitative estimate of drug-likeness (QED) is 0.380. The number of amides is 1. The van der Waals surface area contributed by atoms with Gasteiger partial charge in [0, 0.05) is 38.3 Å². The van der Waals surface area contributed by atoms with E-state index >= 15 is 0 Å². The van der Waals surface area contributed by atoms with Gasteiger partial charge in [-0.3, -0.25) is 4.79 Å². The first-order valence-corrected chi connectivity index (χ1v) is 8.15. The zero-order valence-electron chi connectivity index (χ0n) is 14.9. The van der Waals surface area contributed by atoms with Crippen molar-refractivity contribution in [2.45, 2.75) is 13.2 Å². The van der Waals surface area contributed by atoms with Gasteiger partial charge in [0.2, 0.25) is 5.91 Å². The highest BCUT2D eigenvalue weighted by Crippen LogP contribution is 2.25. The summed E-state index contributed by atoms with van der Waals surface area (Å²) in [7, 11) is 4.83. The molecule has 1 amide bonds. The number of rotatable bonds is 9. The Morgan fingerprint density at radius 1 is 1.35 bits per heavy atom. The highest BCUT2D eigenvalue weighted by Gasteiger charge is 2.11. The van der Waals surface area contributed by atoms with E-state index in [-0.39, 0.29) is 24.7 Å². The Morgan fingerprint density at radius 2 is 2.08 bits per heavy atom. The van der Waals surface area contributed by atoms with Crippen LogP contribution in [0, 0.1) is 0 Å². The maximum Gasteiger partial charge on any atom is 0.387 e. The lowest BCUT2D eigenvalue weighted by Gasteiger charge is -2.15. The fourth-order valence-electron chi connectivity index (χ4n) is 1.81. The number of aliphatic imine (C=N–C) groups is 1. The Bertz CT molecular complexity index is 615. The number of nitrogens with zero attached hydrogens (tertiary/aromatic N) is 2. The van der Waals surface area contributed by atoms with Crippen LogP contribution in [-0.2, 0) is 16.1 Å². The third-order valence-electron chi connectivity index (χ3n) is 3.15. The summed E-state index contributed by atoms with van der Waals surface area (Å²) in [5.41, 5.74) is 0.393. The third-order valence-corrected chi connectivity index (χ3v) is 3.39. The number of hydrogen-bond donors (Lipinski definition) is 2. The van der Waals surface area contributed by atoms with Gasteiger partial charge < -0.3 is 25.0 Å². The van der Waals surface area contributed by atoms with Crippen LogP contribution in [0.15, 0.2) is 23.2 Å². The van der Waals surface area contributed by atoms with Gasteiger partial charge in [-0.2, -0.15) is 8.78 Å². The molecule has 0 spiro atoms. The molecule has 0 unspecified atom stereocenters. The van der Waals surface area contributed by atoms with Crippen molar-refractivity contribution in [1.82, 2.24) is 15.5 Å². The van der Waals surface area contributed by atoms with Crippen LogP contribution in [0.1, 0.15) is 5.56 Å². The highest BCUT2D eigenvalue weighted by molar-refractivity contribution is 6.30. The second-order valence-electron chi connectivity index (χ2n) is 5.36. The minimum Gasteiger partial charge on any atom is -0.434 e. The summed E-state index contributed by atoms with van der Waals surface area (Å²) in [6, 6.07) is 4.32. The normalized spacial score (nSPS) is 11.4. The van der Waals surface area contributed by atoms with E-state index in [9.17, 15) is 13.6 Å². The summed E-state index contributed by atoms with van der Waals surface area (Å²) in [6.45, 7) is -2.01. The number of likely N-dealkylation sites (N-methyl/N-ethyl adjacent to an activating group) is 1. The summed E-state index contributed by atoms with van der Waals surface area (Å²) in [5, 5.41) is 6.23. The number of ether oxygens (including phenoxy) is 2. The molecule has 0 fully saturated rings. The van der Waals surface area contributed by atoms with Gasteiger partial charge in [-0.05, 0) is 18.2 Å². The zero-order chi connectivity index (χ0) is 19.5. The van der Waals surface area contributed by atoms with Crippen molar-refractivity contribution in [2.75, 3.05) is 40.9 Å². The van der Waals surface area contributed by atoms with Crippen LogP contribution in [-0.4, -0.2) is 64.3 Å². The van der Waals surface area contributed by atoms with E-state index < -0.39 is 6.61 Å². The van der Waals surface area contributed by atoms with Crippen LogP contribution in [0.4, 0.5) is 8.78 Å². The van der Waals surface area contributed by atoms with Gasteiger partial charge in [-0.25, -0.2) is 4.99 Å². The molecule has 0 aliphatic heterocycles. The Kier molecular flexibility index (Phi) is 9.67. The van der Waals surface area contributed by atoms with Crippen molar-refractivity contribution in [2.24, 2.45) is 4.99 Å². The van der Waals surface area contributed by atoms with Gasteiger partial charge in [0.1, 0.15) is 5.75 Å². The number of nitrogens with one attached hydrogen (secondary N) is 2. The average molecular weight is 393 g/mol. The first kappa shape index (κ1) is 21.9. The van der Waals surface area contributed by atoms with Gasteiger partial charge in [0.25, 0.3) is 0 Å². The first-order chi connectivity index (χ1) is 12.3. The van der Waals surface area contributed by atoms with Crippen LogP contribution in [0.5, 0.6) is 5.75 Å². The predicted molar refractivity (Wildman–Crippen MR) is 95.8 cm³/mol. The maximum absolute atomic E-state index is 12.5. The highest BCUT2D eigenvalue weighted by atomic mass is 35.5. The molecule has 0 atom stereocenters. The number of methoxy groups -OCH3 is 1. The SMILES string of the molecule is COCCNC(=NCc1cc(Cl)ccc1OC(F)F)NCC(=O)N(C)C. The number of guanidine groups is 1. The molecule has 26 heavy (non-hydrogen) atoms. The van der Waals surface area contributed by atoms with Crippen molar-refractivity contribution in [3.8, 4) is 5.75 Å². The molecule has 7 nitrogen and oxygen atoms in total. The fraction of sp³-hybridized carbons (Fsp3) is 0.500. The minimum atomic E-state index is -2.95. The molecule has 0 saturated heterocycles. The Labute approximate surface area is 156 Å². The monoisotopic (exact) mass is 392 g/mol. The van der Waals surface area contributed by atoms with Gasteiger partial charge in [0.15, 0.2) is 5.96 Å². The summed E-state index contributed by atoms with van der Waals surface area (Å²) in [6.07, 6.45) is 0. The molecule has 10 heteroatoms. The molecular weight excluding hydrogens is 370 g/mol. The number of halogens is 3. The summed E-state index contributed by atoms with van der Waals surface area (Å²) >= 11 is 5.92. The van der Waals surface area contributed by atoms with E-state index in [4.69, 9.17) is 16.3 Å². The smallest absolute Gasteiger partial charge is 0.387 e. The first-order valence-electron chi connectivity index (χ1n) is 7.78. The van der Waals surface area contributed by atoms with Crippen molar-refractivity contribution < 1.29 is 23.0 Å². The molecule has 146 valence electrons. The van der Waals surface area contributed by atoms with Gasteiger partial charge in [-0.15, -0.1) is 0 Å². The van der Waals surface area contributed by atoms with E-state index in [1.807, 2.05) is 0 Å². The lowest BCUT2D eigenvalue weighted by molar-refractivity contribution is -0.127.